The summed E-state index contributed by atoms with van der Waals surface area (Å²) in [5.41, 5.74) is -1.24. The summed E-state index contributed by atoms with van der Waals surface area (Å²) in [6.07, 6.45) is 12.9. The molecule has 2 fully saturated rings. The normalized spacial score (nSPS) is 46.2. The molecule has 0 radical (unpaired) electrons. The molecule has 5 rings (SSSR count). The Kier molecular flexibility index (Phi) is 4.66. The third kappa shape index (κ3) is 3.08. The number of nitrogens with zero attached hydrogens (tertiary/aromatic N) is 1. The zero-order chi connectivity index (χ0) is 20.2. The molecule has 0 bridgehead atoms. The van der Waals surface area contributed by atoms with Crippen molar-refractivity contribution in [1.82, 2.24) is 10.6 Å². The first-order valence-electron chi connectivity index (χ1n) is 11.4. The summed E-state index contributed by atoms with van der Waals surface area (Å²) < 4.78 is 15.3. The molecule has 0 aromatic rings. The Hall–Kier alpha value is -1.60. The molecule has 5 aliphatic heterocycles. The third-order valence-corrected chi connectivity index (χ3v) is 7.61. The predicted molar refractivity (Wildman–Crippen MR) is 107 cm³/mol. The monoisotopic (exact) mass is 404 g/mol. The van der Waals surface area contributed by atoms with Crippen LogP contribution in [0.25, 0.3) is 0 Å². The number of carboxylic acid groups (broad SMARTS) is 1. The molecular formula is C22H34N3O4+. The summed E-state index contributed by atoms with van der Waals surface area (Å²) in [7, 11) is 0. The molecule has 7 atom stereocenters. The quantitative estimate of drug-likeness (QED) is 0.484. The molecule has 29 heavy (non-hydrogen) atoms. The first-order valence-corrected chi connectivity index (χ1v) is 11.4. The van der Waals surface area contributed by atoms with Gasteiger partial charge in [-0.05, 0) is 45.4 Å². The second-order valence-electron chi connectivity index (χ2n) is 9.56. The molecule has 0 saturated carbocycles. The van der Waals surface area contributed by atoms with Crippen LogP contribution in [0.3, 0.4) is 0 Å². The van der Waals surface area contributed by atoms with Gasteiger partial charge >= 0.3 is 11.9 Å². The molecule has 5 heterocycles. The van der Waals surface area contributed by atoms with Gasteiger partial charge in [-0.15, -0.1) is 0 Å². The lowest BCUT2D eigenvalue weighted by Gasteiger charge is -2.50. The van der Waals surface area contributed by atoms with E-state index in [1.54, 1.807) is 0 Å². The van der Waals surface area contributed by atoms with E-state index in [0.717, 1.165) is 63.7 Å². The van der Waals surface area contributed by atoms with Crippen LogP contribution in [0.1, 0.15) is 71.6 Å². The fraction of sp³-hybridized carbons (Fsp3) is 0.818. The van der Waals surface area contributed by atoms with Crippen molar-refractivity contribution < 1.29 is 24.0 Å². The summed E-state index contributed by atoms with van der Waals surface area (Å²) >= 11 is 0. The van der Waals surface area contributed by atoms with Gasteiger partial charge in [-0.1, -0.05) is 19.1 Å². The van der Waals surface area contributed by atoms with E-state index in [0.29, 0.717) is 6.04 Å². The molecule has 3 N–H and O–H groups in total. The SMILES string of the molecule is CCC1C=CCC[C@@]2(C[C@@H]3CC[C@@H]4[C@H](C(=O)O)[C@]5(CCCC(C)O5)NC(=[N+]34)N2)O1. The molecule has 2 spiro atoms. The first kappa shape index (κ1) is 19.4. The smallest absolute Gasteiger partial charge is 0.350 e. The molecule has 0 aromatic heterocycles. The largest absolute Gasteiger partial charge is 0.481 e. The van der Waals surface area contributed by atoms with Crippen LogP contribution in [0.4, 0.5) is 0 Å². The van der Waals surface area contributed by atoms with E-state index in [2.05, 4.69) is 41.2 Å². The second kappa shape index (κ2) is 6.98. The molecule has 0 aromatic carbocycles. The zero-order valence-corrected chi connectivity index (χ0v) is 17.5. The van der Waals surface area contributed by atoms with E-state index in [4.69, 9.17) is 9.47 Å². The van der Waals surface area contributed by atoms with E-state index in [-0.39, 0.29) is 18.2 Å². The third-order valence-electron chi connectivity index (χ3n) is 7.61. The number of hydrogen-bond donors (Lipinski definition) is 3. The van der Waals surface area contributed by atoms with Crippen LogP contribution in [-0.2, 0) is 14.3 Å². The van der Waals surface area contributed by atoms with Crippen LogP contribution < -0.4 is 10.6 Å². The predicted octanol–water partition coefficient (Wildman–Crippen LogP) is 2.31. The van der Waals surface area contributed by atoms with E-state index in [1.807, 2.05) is 0 Å². The van der Waals surface area contributed by atoms with Crippen LogP contribution in [0.2, 0.25) is 0 Å². The maximum absolute atomic E-state index is 12.4. The molecule has 0 amide bonds. The van der Waals surface area contributed by atoms with Crippen molar-refractivity contribution in [3.05, 3.63) is 12.2 Å². The average molecular weight is 405 g/mol. The van der Waals surface area contributed by atoms with Crippen molar-refractivity contribution in [3.8, 4) is 0 Å². The topological polar surface area (TPSA) is 82.8 Å². The molecule has 2 saturated heterocycles. The van der Waals surface area contributed by atoms with Gasteiger partial charge in [-0.2, -0.15) is 0 Å². The van der Waals surface area contributed by atoms with Crippen LogP contribution in [0.5, 0.6) is 0 Å². The highest BCUT2D eigenvalue weighted by atomic mass is 16.5. The lowest BCUT2D eigenvalue weighted by molar-refractivity contribution is -0.609. The Morgan fingerprint density at radius 1 is 1.28 bits per heavy atom. The van der Waals surface area contributed by atoms with Crippen molar-refractivity contribution in [2.75, 3.05) is 0 Å². The number of carboxylic acids is 1. The van der Waals surface area contributed by atoms with Crippen molar-refractivity contribution in [2.24, 2.45) is 5.92 Å². The van der Waals surface area contributed by atoms with Crippen LogP contribution in [-0.4, -0.2) is 57.4 Å². The summed E-state index contributed by atoms with van der Waals surface area (Å²) in [4.78, 5) is 12.4. The van der Waals surface area contributed by atoms with Crippen molar-refractivity contribution >= 4 is 11.9 Å². The van der Waals surface area contributed by atoms with Gasteiger partial charge in [0.1, 0.15) is 0 Å². The second-order valence-corrected chi connectivity index (χ2v) is 9.56. The van der Waals surface area contributed by atoms with E-state index < -0.39 is 23.3 Å². The average Bonchev–Trinajstić information content (AvgIpc) is 2.96. The van der Waals surface area contributed by atoms with E-state index >= 15 is 0 Å². The Balaban J connectivity index is 1.52. The minimum absolute atomic E-state index is 0.0326. The van der Waals surface area contributed by atoms with Gasteiger partial charge in [0.15, 0.2) is 11.6 Å². The fourth-order valence-corrected chi connectivity index (χ4v) is 6.41. The fourth-order valence-electron chi connectivity index (χ4n) is 6.41. The number of guanidine groups is 1. The van der Waals surface area contributed by atoms with Gasteiger partial charge in [0.05, 0.1) is 24.3 Å². The highest BCUT2D eigenvalue weighted by molar-refractivity contribution is 5.81. The number of ether oxygens (including phenoxy) is 2. The Bertz CT molecular complexity index is 752. The van der Waals surface area contributed by atoms with Crippen LogP contribution >= 0.6 is 0 Å². The van der Waals surface area contributed by atoms with Crippen molar-refractivity contribution in [2.45, 2.75) is 107 Å². The molecule has 5 aliphatic rings. The van der Waals surface area contributed by atoms with Crippen LogP contribution in [0.15, 0.2) is 12.2 Å². The minimum atomic E-state index is -0.840. The summed E-state index contributed by atoms with van der Waals surface area (Å²) in [6.45, 7) is 4.21. The Morgan fingerprint density at radius 3 is 2.90 bits per heavy atom. The van der Waals surface area contributed by atoms with Crippen molar-refractivity contribution in [3.63, 3.8) is 0 Å². The maximum atomic E-state index is 12.4. The number of aliphatic carboxylic acids is 1. The standard InChI is InChI=1S/C22H33N3O4/c1-3-16-8-4-5-11-21(29-16)13-15-9-10-17-18(19(26)27)22(12-6-7-14(2)28-22)24-20(23-21)25(15)17/h4,8,14-18H,3,5-7,9-13H2,1-2H3,(H2,23,24,26,27)/p+1/t14?,15-,16?,17+,18+,21-,22+/m0/s1. The Labute approximate surface area is 172 Å². The highest BCUT2D eigenvalue weighted by Gasteiger charge is 2.64. The Morgan fingerprint density at radius 2 is 2.14 bits per heavy atom. The number of nitrogens with one attached hydrogen (secondary N) is 2. The molecule has 160 valence electrons. The maximum Gasteiger partial charge on any atom is 0.350 e. The number of hydrogen-bond acceptors (Lipinski definition) is 5. The van der Waals surface area contributed by atoms with Crippen molar-refractivity contribution in [1.29, 1.82) is 0 Å². The van der Waals surface area contributed by atoms with Crippen LogP contribution in [0, 0.1) is 5.92 Å². The zero-order valence-electron chi connectivity index (χ0n) is 17.5. The van der Waals surface area contributed by atoms with Gasteiger partial charge in [0, 0.05) is 19.3 Å². The molecule has 7 nitrogen and oxygen atoms in total. The lowest BCUT2D eigenvalue weighted by atomic mass is 9.80. The summed E-state index contributed by atoms with van der Waals surface area (Å²) in [5, 5.41) is 17.5. The molecule has 2 unspecified atom stereocenters. The van der Waals surface area contributed by atoms with Gasteiger partial charge < -0.3 is 14.6 Å². The van der Waals surface area contributed by atoms with Gasteiger partial charge in [-0.25, -0.2) is 10.6 Å². The van der Waals surface area contributed by atoms with E-state index in [9.17, 15) is 9.90 Å². The summed E-state index contributed by atoms with van der Waals surface area (Å²) in [5.74, 6) is -0.389. The minimum Gasteiger partial charge on any atom is -0.481 e. The van der Waals surface area contributed by atoms with E-state index in [1.165, 1.54) is 0 Å². The molecule has 7 heteroatoms. The summed E-state index contributed by atoms with van der Waals surface area (Å²) in [6, 6.07) is 0.273. The number of carbonyl (C=O) groups is 1. The number of allylic oxidation sites excluding steroid dienone is 1. The van der Waals surface area contributed by atoms with Gasteiger partial charge in [-0.3, -0.25) is 9.37 Å². The first-order chi connectivity index (χ1) is 14.0. The lowest BCUT2D eigenvalue weighted by Crippen LogP contribution is -2.76. The van der Waals surface area contributed by atoms with Gasteiger partial charge in [0.25, 0.3) is 0 Å². The highest BCUT2D eigenvalue weighted by Crippen LogP contribution is 2.45. The van der Waals surface area contributed by atoms with Gasteiger partial charge in [0.2, 0.25) is 5.72 Å². The number of rotatable bonds is 2. The molecular weight excluding hydrogens is 370 g/mol. The molecule has 0 aliphatic carbocycles.